The highest BCUT2D eigenvalue weighted by molar-refractivity contribution is 5.64. The Hall–Kier alpha value is -1.97. The topological polar surface area (TPSA) is 64.7 Å². The van der Waals surface area contributed by atoms with Crippen LogP contribution in [0.1, 0.15) is 5.69 Å². The average molecular weight is 186 g/mol. The highest BCUT2D eigenvalue weighted by Gasteiger charge is 2.02. The number of rotatable bonds is 1. The van der Waals surface area contributed by atoms with E-state index in [1.165, 1.54) is 6.33 Å². The van der Waals surface area contributed by atoms with E-state index in [2.05, 4.69) is 15.0 Å². The third-order valence-electron chi connectivity index (χ3n) is 1.98. The molecule has 0 radical (unpaired) electrons. The van der Waals surface area contributed by atoms with Gasteiger partial charge in [-0.25, -0.2) is 15.0 Å². The molecule has 2 rings (SSSR count). The number of anilines is 1. The van der Waals surface area contributed by atoms with Crippen molar-refractivity contribution in [2.24, 2.45) is 0 Å². The van der Waals surface area contributed by atoms with E-state index in [4.69, 9.17) is 5.73 Å². The van der Waals surface area contributed by atoms with Crippen LogP contribution in [0.15, 0.2) is 30.9 Å². The van der Waals surface area contributed by atoms with Gasteiger partial charge in [-0.2, -0.15) is 0 Å². The molecule has 0 unspecified atom stereocenters. The zero-order chi connectivity index (χ0) is 9.97. The van der Waals surface area contributed by atoms with Gasteiger partial charge in [0.15, 0.2) is 0 Å². The van der Waals surface area contributed by atoms with Crippen LogP contribution in [0.4, 0.5) is 5.82 Å². The van der Waals surface area contributed by atoms with Crippen LogP contribution in [0.2, 0.25) is 0 Å². The number of nitrogen functional groups attached to an aromatic ring is 1. The first-order chi connectivity index (χ1) is 6.77. The molecule has 2 heterocycles. The van der Waals surface area contributed by atoms with Gasteiger partial charge in [-0.05, 0) is 19.1 Å². The number of nitrogens with two attached hydrogens (primary N) is 1. The second-order valence-electron chi connectivity index (χ2n) is 3.00. The van der Waals surface area contributed by atoms with Crippen molar-refractivity contribution in [1.82, 2.24) is 15.0 Å². The first-order valence-electron chi connectivity index (χ1n) is 4.26. The van der Waals surface area contributed by atoms with Crippen LogP contribution in [0.25, 0.3) is 11.1 Å². The van der Waals surface area contributed by atoms with Crippen LogP contribution < -0.4 is 5.73 Å². The largest absolute Gasteiger partial charge is 0.384 e. The summed E-state index contributed by atoms with van der Waals surface area (Å²) in [6, 6.07) is 3.70. The smallest absolute Gasteiger partial charge is 0.123 e. The van der Waals surface area contributed by atoms with Gasteiger partial charge in [-0.3, -0.25) is 0 Å². The molecule has 2 N–H and O–H groups in total. The lowest BCUT2D eigenvalue weighted by Crippen LogP contribution is -1.94. The van der Waals surface area contributed by atoms with Crippen molar-refractivity contribution in [2.75, 3.05) is 5.73 Å². The fourth-order valence-corrected chi connectivity index (χ4v) is 1.32. The molecule has 0 saturated heterocycles. The van der Waals surface area contributed by atoms with Crippen LogP contribution in [-0.4, -0.2) is 15.0 Å². The van der Waals surface area contributed by atoms with Crippen molar-refractivity contribution in [3.8, 4) is 11.1 Å². The molecular formula is C10H10N4. The van der Waals surface area contributed by atoms with Crippen LogP contribution >= 0.6 is 0 Å². The van der Waals surface area contributed by atoms with E-state index in [1.807, 2.05) is 13.0 Å². The van der Waals surface area contributed by atoms with E-state index in [-0.39, 0.29) is 0 Å². The van der Waals surface area contributed by atoms with E-state index < -0.39 is 0 Å². The minimum Gasteiger partial charge on any atom is -0.384 e. The molecule has 0 aliphatic heterocycles. The fraction of sp³-hybridized carbons (Fsp3) is 0.100. The predicted molar refractivity (Wildman–Crippen MR) is 54.4 cm³/mol. The van der Waals surface area contributed by atoms with Crippen LogP contribution in [-0.2, 0) is 0 Å². The minimum absolute atomic E-state index is 0.531. The van der Waals surface area contributed by atoms with Crippen LogP contribution in [0.3, 0.4) is 0 Å². The summed E-state index contributed by atoms with van der Waals surface area (Å²) in [5, 5.41) is 0. The van der Waals surface area contributed by atoms with Gasteiger partial charge < -0.3 is 5.73 Å². The van der Waals surface area contributed by atoms with Gasteiger partial charge in [0.2, 0.25) is 0 Å². The molecule has 4 nitrogen and oxygen atoms in total. The molecule has 0 saturated carbocycles. The number of hydrogen-bond donors (Lipinski definition) is 1. The number of hydrogen-bond acceptors (Lipinski definition) is 4. The van der Waals surface area contributed by atoms with Gasteiger partial charge in [-0.1, -0.05) is 0 Å². The average Bonchev–Trinajstić information content (AvgIpc) is 2.19. The van der Waals surface area contributed by atoms with Gasteiger partial charge in [0.05, 0.1) is 0 Å². The maximum absolute atomic E-state index is 5.56. The van der Waals surface area contributed by atoms with Crippen molar-refractivity contribution in [1.29, 1.82) is 0 Å². The summed E-state index contributed by atoms with van der Waals surface area (Å²) in [5.74, 6) is 0.531. The van der Waals surface area contributed by atoms with Crippen molar-refractivity contribution >= 4 is 5.82 Å². The van der Waals surface area contributed by atoms with Gasteiger partial charge >= 0.3 is 0 Å². The zero-order valence-corrected chi connectivity index (χ0v) is 7.81. The first kappa shape index (κ1) is 8.62. The standard InChI is InChI=1S/C10H10N4/c1-7-9(2-3-10(11)14-7)8-4-12-6-13-5-8/h2-6H,1H3,(H2,11,14). The van der Waals surface area contributed by atoms with Gasteiger partial charge in [-0.15, -0.1) is 0 Å². The molecule has 0 aliphatic rings. The molecular weight excluding hydrogens is 176 g/mol. The molecule has 4 heteroatoms. The molecule has 0 amide bonds. The summed E-state index contributed by atoms with van der Waals surface area (Å²) < 4.78 is 0. The maximum Gasteiger partial charge on any atom is 0.123 e. The Kier molecular flexibility index (Phi) is 2.10. The summed E-state index contributed by atoms with van der Waals surface area (Å²) in [7, 11) is 0. The van der Waals surface area contributed by atoms with Gasteiger partial charge in [0, 0.05) is 29.2 Å². The Morgan fingerprint density at radius 1 is 1.14 bits per heavy atom. The lowest BCUT2D eigenvalue weighted by molar-refractivity contribution is 1.15. The molecule has 0 atom stereocenters. The van der Waals surface area contributed by atoms with E-state index in [9.17, 15) is 0 Å². The zero-order valence-electron chi connectivity index (χ0n) is 7.81. The van der Waals surface area contributed by atoms with Crippen molar-refractivity contribution < 1.29 is 0 Å². The summed E-state index contributed by atoms with van der Waals surface area (Å²) in [6.07, 6.45) is 5.02. The van der Waals surface area contributed by atoms with E-state index in [0.717, 1.165) is 16.8 Å². The van der Waals surface area contributed by atoms with Crippen molar-refractivity contribution in [3.05, 3.63) is 36.5 Å². The fourth-order valence-electron chi connectivity index (χ4n) is 1.32. The Labute approximate surface area is 81.9 Å². The Bertz CT molecular complexity index is 439. The van der Waals surface area contributed by atoms with Gasteiger partial charge in [0.1, 0.15) is 12.1 Å². The SMILES string of the molecule is Cc1nc(N)ccc1-c1cncnc1. The molecule has 0 spiro atoms. The minimum atomic E-state index is 0.531. The van der Waals surface area contributed by atoms with Crippen LogP contribution in [0.5, 0.6) is 0 Å². The molecule has 0 aromatic carbocycles. The summed E-state index contributed by atoms with van der Waals surface area (Å²) in [4.78, 5) is 12.1. The molecule has 0 bridgehead atoms. The first-order valence-corrected chi connectivity index (χ1v) is 4.26. The Balaban J connectivity index is 2.53. The summed E-state index contributed by atoms with van der Waals surface area (Å²) in [5.41, 5.74) is 8.42. The van der Waals surface area contributed by atoms with E-state index >= 15 is 0 Å². The second-order valence-corrected chi connectivity index (χ2v) is 3.00. The molecule has 70 valence electrons. The summed E-state index contributed by atoms with van der Waals surface area (Å²) >= 11 is 0. The quantitative estimate of drug-likeness (QED) is 0.731. The number of aromatic nitrogens is 3. The number of pyridine rings is 1. The maximum atomic E-state index is 5.56. The number of aryl methyl sites for hydroxylation is 1. The second kappa shape index (κ2) is 3.41. The number of nitrogens with zero attached hydrogens (tertiary/aromatic N) is 3. The van der Waals surface area contributed by atoms with E-state index in [0.29, 0.717) is 5.82 Å². The monoisotopic (exact) mass is 186 g/mol. The molecule has 14 heavy (non-hydrogen) atoms. The molecule has 2 aromatic rings. The van der Waals surface area contributed by atoms with E-state index in [1.54, 1.807) is 18.5 Å². The lowest BCUT2D eigenvalue weighted by atomic mass is 10.1. The Morgan fingerprint density at radius 3 is 2.50 bits per heavy atom. The predicted octanol–water partition coefficient (Wildman–Crippen LogP) is 1.43. The van der Waals surface area contributed by atoms with Crippen LogP contribution in [0, 0.1) is 6.92 Å². The highest BCUT2D eigenvalue weighted by Crippen LogP contribution is 2.20. The Morgan fingerprint density at radius 2 is 1.86 bits per heavy atom. The lowest BCUT2D eigenvalue weighted by Gasteiger charge is -2.04. The normalized spacial score (nSPS) is 10.1. The van der Waals surface area contributed by atoms with Gasteiger partial charge in [0.25, 0.3) is 0 Å². The molecule has 2 aromatic heterocycles. The van der Waals surface area contributed by atoms with Crippen molar-refractivity contribution in [3.63, 3.8) is 0 Å². The van der Waals surface area contributed by atoms with Crippen molar-refractivity contribution in [2.45, 2.75) is 6.92 Å². The summed E-state index contributed by atoms with van der Waals surface area (Å²) in [6.45, 7) is 1.92. The third-order valence-corrected chi connectivity index (χ3v) is 1.98. The highest BCUT2D eigenvalue weighted by atomic mass is 14.8. The third kappa shape index (κ3) is 1.54. The molecule has 0 fully saturated rings. The molecule has 0 aliphatic carbocycles.